The maximum absolute atomic E-state index is 3.78. The lowest BCUT2D eigenvalue weighted by Crippen LogP contribution is -2.28. The summed E-state index contributed by atoms with van der Waals surface area (Å²) in [6.45, 7) is 0. The second kappa shape index (κ2) is 16.2. The number of hydrogen-bond donors (Lipinski definition) is 0. The van der Waals surface area contributed by atoms with E-state index >= 15 is 0 Å². The minimum atomic E-state index is -0.399. The van der Waals surface area contributed by atoms with Gasteiger partial charge in [0.05, 0.1) is 10.8 Å². The van der Waals surface area contributed by atoms with E-state index in [1.165, 1.54) is 88.7 Å². The molecule has 0 saturated heterocycles. The van der Waals surface area contributed by atoms with Gasteiger partial charge in [0.25, 0.3) is 0 Å². The molecule has 0 aliphatic heterocycles. The van der Waals surface area contributed by atoms with Crippen molar-refractivity contribution in [3.63, 3.8) is 0 Å². The molecule has 300 valence electrons. The summed E-state index contributed by atoms with van der Waals surface area (Å²) in [4.78, 5) is 0. The monoisotopic (exact) mass is 996 g/mol. The van der Waals surface area contributed by atoms with Gasteiger partial charge in [0.2, 0.25) is 0 Å². The molecule has 0 heterocycles. The molecule has 2 aliphatic carbocycles. The molecular weight excluding hydrogens is 960 g/mol. The van der Waals surface area contributed by atoms with Gasteiger partial charge < -0.3 is 0 Å². The smallest absolute Gasteiger partial charge is 0.0622 e. The lowest BCUT2D eigenvalue weighted by Gasteiger charge is -2.34. The molecule has 0 unspecified atom stereocenters. The van der Waals surface area contributed by atoms with Crippen molar-refractivity contribution in [3.05, 3.63) is 295 Å². The first-order chi connectivity index (χ1) is 31.0. The second-order valence-corrected chi connectivity index (χ2v) is 19.1. The summed E-state index contributed by atoms with van der Waals surface area (Å²) in [5, 5.41) is 2.53. The van der Waals surface area contributed by atoms with Crippen molar-refractivity contribution in [2.75, 3.05) is 0 Å². The maximum atomic E-state index is 3.78. The molecule has 10 aromatic rings. The summed E-state index contributed by atoms with van der Waals surface area (Å²) in [5.74, 6) is 0. The molecule has 0 fully saturated rings. The van der Waals surface area contributed by atoms with E-state index in [0.717, 1.165) is 13.4 Å². The van der Waals surface area contributed by atoms with Crippen LogP contribution >= 0.6 is 47.8 Å². The van der Waals surface area contributed by atoms with Gasteiger partial charge in [0, 0.05) is 13.4 Å². The molecular formula is C60H39Br3. The molecule has 10 aromatic carbocycles. The fourth-order valence-corrected chi connectivity index (χ4v) is 11.5. The lowest BCUT2D eigenvalue weighted by molar-refractivity contribution is 0.767. The first kappa shape index (κ1) is 39.7. The number of fused-ring (bicyclic) bond motifs is 7. The van der Waals surface area contributed by atoms with E-state index in [1.807, 2.05) is 0 Å². The average Bonchev–Trinajstić information content (AvgIpc) is 3.79. The Balaban J connectivity index is 0.000000147. The van der Waals surface area contributed by atoms with Gasteiger partial charge in [-0.25, -0.2) is 0 Å². The molecule has 63 heavy (non-hydrogen) atoms. The third-order valence-corrected chi connectivity index (χ3v) is 14.6. The van der Waals surface area contributed by atoms with Crippen LogP contribution in [0.25, 0.3) is 44.2 Å². The normalized spacial score (nSPS) is 13.6. The van der Waals surface area contributed by atoms with Crippen LogP contribution in [0, 0.1) is 0 Å². The van der Waals surface area contributed by atoms with Gasteiger partial charge in [-0.1, -0.05) is 236 Å². The van der Waals surface area contributed by atoms with Crippen LogP contribution in [-0.4, -0.2) is 0 Å². The van der Waals surface area contributed by atoms with Gasteiger partial charge in [-0.3, -0.25) is 0 Å². The van der Waals surface area contributed by atoms with E-state index in [1.54, 1.807) is 0 Å². The van der Waals surface area contributed by atoms with Crippen LogP contribution in [0.5, 0.6) is 0 Å². The molecule has 3 heteroatoms. The summed E-state index contributed by atoms with van der Waals surface area (Å²) in [7, 11) is 0. The molecule has 0 aromatic heterocycles. The molecule has 0 spiro atoms. The Hall–Kier alpha value is -6.10. The predicted octanol–water partition coefficient (Wildman–Crippen LogP) is 17.2. The van der Waals surface area contributed by atoms with Crippen LogP contribution in [0.4, 0.5) is 0 Å². The predicted molar refractivity (Wildman–Crippen MR) is 274 cm³/mol. The summed E-state index contributed by atoms with van der Waals surface area (Å²) >= 11 is 11.2. The molecule has 0 radical (unpaired) electrons. The Kier molecular flexibility index (Phi) is 10.2. The van der Waals surface area contributed by atoms with Crippen LogP contribution in [0.15, 0.2) is 250 Å². The maximum Gasteiger partial charge on any atom is 0.0714 e. The van der Waals surface area contributed by atoms with Gasteiger partial charge in [-0.2, -0.15) is 0 Å². The SMILES string of the molecule is Brc1ccc2c(c1)C(c1ccccc1)(c1ccccc1)c1cc(-c3ccc4ccccc4c3)ccc1-2.Brc1ccc2c(c1)C(c1ccccc1)(c1ccccc1)c1cc(Br)ccc1-2. The zero-order valence-electron chi connectivity index (χ0n) is 34.2. The van der Waals surface area contributed by atoms with Crippen molar-refractivity contribution in [1.82, 2.24) is 0 Å². The highest BCUT2D eigenvalue weighted by atomic mass is 79.9. The second-order valence-electron chi connectivity index (χ2n) is 16.4. The van der Waals surface area contributed by atoms with Crippen molar-refractivity contribution in [3.8, 4) is 33.4 Å². The molecule has 2 aliphatic rings. The van der Waals surface area contributed by atoms with Crippen molar-refractivity contribution >= 4 is 58.6 Å². The molecule has 0 saturated carbocycles. The number of hydrogen-bond acceptors (Lipinski definition) is 0. The van der Waals surface area contributed by atoms with Gasteiger partial charge >= 0.3 is 0 Å². The van der Waals surface area contributed by atoms with Crippen LogP contribution < -0.4 is 0 Å². The zero-order valence-corrected chi connectivity index (χ0v) is 38.9. The highest BCUT2D eigenvalue weighted by Gasteiger charge is 2.47. The zero-order chi connectivity index (χ0) is 42.5. The number of halogens is 3. The van der Waals surface area contributed by atoms with E-state index in [0.29, 0.717) is 0 Å². The third-order valence-electron chi connectivity index (χ3n) is 13.1. The van der Waals surface area contributed by atoms with Gasteiger partial charge in [-0.15, -0.1) is 0 Å². The number of rotatable bonds is 5. The van der Waals surface area contributed by atoms with Crippen LogP contribution in [0.3, 0.4) is 0 Å². The molecule has 0 atom stereocenters. The van der Waals surface area contributed by atoms with Crippen molar-refractivity contribution in [2.24, 2.45) is 0 Å². The van der Waals surface area contributed by atoms with E-state index in [-0.39, 0.29) is 5.41 Å². The molecule has 0 amide bonds. The highest BCUT2D eigenvalue weighted by molar-refractivity contribution is 9.11. The highest BCUT2D eigenvalue weighted by Crippen LogP contribution is 2.58. The third kappa shape index (κ3) is 6.51. The molecule has 0 N–H and O–H groups in total. The summed E-state index contributed by atoms with van der Waals surface area (Å²) < 4.78 is 3.30. The van der Waals surface area contributed by atoms with Gasteiger partial charge in [0.1, 0.15) is 0 Å². The lowest BCUT2D eigenvalue weighted by atomic mass is 9.67. The first-order valence-electron chi connectivity index (χ1n) is 21.2. The Morgan fingerprint density at radius 3 is 0.937 bits per heavy atom. The molecule has 0 nitrogen and oxygen atoms in total. The largest absolute Gasteiger partial charge is 0.0714 e. The van der Waals surface area contributed by atoms with E-state index < -0.39 is 5.41 Å². The van der Waals surface area contributed by atoms with Crippen molar-refractivity contribution in [2.45, 2.75) is 10.8 Å². The van der Waals surface area contributed by atoms with E-state index in [4.69, 9.17) is 0 Å². The van der Waals surface area contributed by atoms with Crippen LogP contribution in [0.2, 0.25) is 0 Å². The fraction of sp³-hybridized carbons (Fsp3) is 0.0333. The minimum Gasteiger partial charge on any atom is -0.0622 e. The summed E-state index contributed by atoms with van der Waals surface area (Å²) in [6, 6.07) is 86.0. The molecule has 12 rings (SSSR count). The Labute approximate surface area is 394 Å². The minimum absolute atomic E-state index is 0.333. The summed E-state index contributed by atoms with van der Waals surface area (Å²) in [6.07, 6.45) is 0. The topological polar surface area (TPSA) is 0 Å². The van der Waals surface area contributed by atoms with E-state index in [2.05, 4.69) is 284 Å². The van der Waals surface area contributed by atoms with Gasteiger partial charge in [-0.05, 0) is 137 Å². The Bertz CT molecular complexity index is 3170. The standard InChI is InChI=1S/C35H23Br.C25H16Br2/c36-30-18-20-32-31-19-17-27(26-16-15-24-9-7-8-10-25(24)21-26)22-33(31)35(34(32)23-30,28-11-3-1-4-12-28)29-13-5-2-6-14-29;26-19-11-13-21-22-14-12-20(27)16-24(22)25(23(21)15-19,17-7-3-1-4-8-17)18-9-5-2-6-10-18/h1-23H;1-16H. The van der Waals surface area contributed by atoms with E-state index in [9.17, 15) is 0 Å². The quantitative estimate of drug-likeness (QED) is 0.161. The first-order valence-corrected chi connectivity index (χ1v) is 23.6. The molecule has 0 bridgehead atoms. The van der Waals surface area contributed by atoms with Crippen molar-refractivity contribution in [1.29, 1.82) is 0 Å². The Morgan fingerprint density at radius 1 is 0.238 bits per heavy atom. The van der Waals surface area contributed by atoms with Gasteiger partial charge in [0.15, 0.2) is 0 Å². The summed E-state index contributed by atoms with van der Waals surface area (Å²) in [5.41, 5.74) is 17.4. The Morgan fingerprint density at radius 2 is 0.540 bits per heavy atom. The van der Waals surface area contributed by atoms with Crippen molar-refractivity contribution < 1.29 is 0 Å². The fourth-order valence-electron chi connectivity index (χ4n) is 10.4. The van der Waals surface area contributed by atoms with Crippen LogP contribution in [0.1, 0.15) is 44.5 Å². The van der Waals surface area contributed by atoms with Crippen LogP contribution in [-0.2, 0) is 10.8 Å². The number of benzene rings is 10. The average molecular weight is 1000 g/mol.